The van der Waals surface area contributed by atoms with Gasteiger partial charge >= 0.3 is 0 Å². The third kappa shape index (κ3) is 7.71. The van der Waals surface area contributed by atoms with Gasteiger partial charge in [0.25, 0.3) is 0 Å². The Morgan fingerprint density at radius 2 is 1.58 bits per heavy atom. The molecule has 1 aliphatic rings. The second kappa shape index (κ2) is 12.5. The number of carbonyl (C=O) groups excluding carboxylic acids is 2. The van der Waals surface area contributed by atoms with Gasteiger partial charge in [0.15, 0.2) is 0 Å². The van der Waals surface area contributed by atoms with E-state index >= 15 is 0 Å². The van der Waals surface area contributed by atoms with E-state index < -0.39 is 6.04 Å². The van der Waals surface area contributed by atoms with Crippen LogP contribution in [0.1, 0.15) is 62.6 Å². The van der Waals surface area contributed by atoms with Crippen molar-refractivity contribution in [3.05, 3.63) is 71.3 Å². The first-order chi connectivity index (χ1) is 15.9. The van der Waals surface area contributed by atoms with Crippen molar-refractivity contribution in [1.82, 2.24) is 15.5 Å². The second-order valence-corrected chi connectivity index (χ2v) is 9.65. The molecule has 1 unspecified atom stereocenters. The van der Waals surface area contributed by atoms with Gasteiger partial charge in [0.1, 0.15) is 6.04 Å². The summed E-state index contributed by atoms with van der Waals surface area (Å²) in [6.45, 7) is 5.27. The highest BCUT2D eigenvalue weighted by Gasteiger charge is 2.24. The van der Waals surface area contributed by atoms with Crippen LogP contribution in [-0.4, -0.2) is 35.8 Å². The van der Waals surface area contributed by atoms with Gasteiger partial charge in [0, 0.05) is 19.1 Å². The average molecular weight is 450 g/mol. The molecule has 0 aromatic heterocycles. The molecule has 1 saturated carbocycles. The standard InChI is InChI=1S/C28H39N3O2/c1-21(2)27(30-26(32)18-22-12-6-4-7-13-22)28(33)29-19-23-14-10-11-15-24(23)20-31(3)25-16-8-5-9-17-25/h4,6-7,10-15,21,25,27H,5,8-9,16-20H2,1-3H3,(H,29,33)(H,30,32). The summed E-state index contributed by atoms with van der Waals surface area (Å²) in [6, 6.07) is 18.0. The highest BCUT2D eigenvalue weighted by molar-refractivity contribution is 5.88. The van der Waals surface area contributed by atoms with Crippen LogP contribution in [0.2, 0.25) is 0 Å². The Hall–Kier alpha value is -2.66. The molecule has 0 saturated heterocycles. The van der Waals surface area contributed by atoms with E-state index in [-0.39, 0.29) is 24.2 Å². The molecule has 0 heterocycles. The molecule has 0 spiro atoms. The first-order valence-corrected chi connectivity index (χ1v) is 12.3. The first-order valence-electron chi connectivity index (χ1n) is 12.3. The molecule has 2 N–H and O–H groups in total. The highest BCUT2D eigenvalue weighted by Crippen LogP contribution is 2.23. The number of nitrogens with one attached hydrogen (secondary N) is 2. The van der Waals surface area contributed by atoms with Crippen LogP contribution in [0.3, 0.4) is 0 Å². The molecule has 5 nitrogen and oxygen atoms in total. The zero-order valence-electron chi connectivity index (χ0n) is 20.3. The lowest BCUT2D eigenvalue weighted by atomic mass is 9.94. The largest absolute Gasteiger partial charge is 0.350 e. The van der Waals surface area contributed by atoms with Crippen LogP contribution < -0.4 is 10.6 Å². The summed E-state index contributed by atoms with van der Waals surface area (Å²) in [4.78, 5) is 28.0. The van der Waals surface area contributed by atoms with Gasteiger partial charge in [-0.25, -0.2) is 0 Å². The molecule has 2 aromatic rings. The molecule has 5 heteroatoms. The average Bonchev–Trinajstić information content (AvgIpc) is 2.82. The SMILES string of the molecule is CC(C)C(NC(=O)Cc1ccccc1)C(=O)NCc1ccccc1CN(C)C1CCCCC1. The zero-order chi connectivity index (χ0) is 23.6. The van der Waals surface area contributed by atoms with Crippen LogP contribution in [0.15, 0.2) is 54.6 Å². The first kappa shape index (κ1) is 25.0. The fourth-order valence-electron chi connectivity index (χ4n) is 4.64. The van der Waals surface area contributed by atoms with Crippen molar-refractivity contribution in [1.29, 1.82) is 0 Å². The lowest BCUT2D eigenvalue weighted by Crippen LogP contribution is -2.50. The Bertz CT molecular complexity index is 891. The van der Waals surface area contributed by atoms with E-state index in [4.69, 9.17) is 0 Å². The summed E-state index contributed by atoms with van der Waals surface area (Å²) < 4.78 is 0. The lowest BCUT2D eigenvalue weighted by molar-refractivity contribution is -0.129. The summed E-state index contributed by atoms with van der Waals surface area (Å²) in [7, 11) is 2.21. The van der Waals surface area contributed by atoms with Crippen molar-refractivity contribution in [2.75, 3.05) is 7.05 Å². The summed E-state index contributed by atoms with van der Waals surface area (Å²) in [5.74, 6) is -0.274. The number of benzene rings is 2. The molecule has 1 fully saturated rings. The van der Waals surface area contributed by atoms with Crippen LogP contribution >= 0.6 is 0 Å². The fraction of sp³-hybridized carbons (Fsp3) is 0.500. The molecular weight excluding hydrogens is 410 g/mol. The van der Waals surface area contributed by atoms with Crippen molar-refractivity contribution in [3.8, 4) is 0 Å². The van der Waals surface area contributed by atoms with Gasteiger partial charge in [-0.05, 0) is 42.5 Å². The van der Waals surface area contributed by atoms with E-state index in [0.717, 1.165) is 17.7 Å². The zero-order valence-corrected chi connectivity index (χ0v) is 20.3. The maximum Gasteiger partial charge on any atom is 0.243 e. The Morgan fingerprint density at radius 3 is 2.24 bits per heavy atom. The molecule has 178 valence electrons. The number of rotatable bonds is 10. The number of nitrogens with zero attached hydrogens (tertiary/aromatic N) is 1. The highest BCUT2D eigenvalue weighted by atomic mass is 16.2. The van der Waals surface area contributed by atoms with E-state index in [1.165, 1.54) is 37.7 Å². The van der Waals surface area contributed by atoms with Crippen LogP contribution in [-0.2, 0) is 29.1 Å². The molecule has 2 aromatic carbocycles. The van der Waals surface area contributed by atoms with E-state index in [2.05, 4.69) is 40.8 Å². The maximum absolute atomic E-state index is 13.0. The number of amides is 2. The van der Waals surface area contributed by atoms with Gasteiger partial charge < -0.3 is 10.6 Å². The van der Waals surface area contributed by atoms with Gasteiger partial charge in [-0.15, -0.1) is 0 Å². The monoisotopic (exact) mass is 449 g/mol. The quantitative estimate of drug-likeness (QED) is 0.563. The molecular formula is C28H39N3O2. The predicted molar refractivity (Wildman–Crippen MR) is 134 cm³/mol. The Morgan fingerprint density at radius 1 is 0.939 bits per heavy atom. The van der Waals surface area contributed by atoms with Crippen LogP contribution in [0, 0.1) is 5.92 Å². The topological polar surface area (TPSA) is 61.4 Å². The third-order valence-electron chi connectivity index (χ3n) is 6.66. The van der Waals surface area contributed by atoms with Gasteiger partial charge in [-0.3, -0.25) is 14.5 Å². The number of hydrogen-bond acceptors (Lipinski definition) is 3. The van der Waals surface area contributed by atoms with Gasteiger partial charge in [0.2, 0.25) is 11.8 Å². The Kier molecular flexibility index (Phi) is 9.49. The van der Waals surface area contributed by atoms with E-state index in [0.29, 0.717) is 12.6 Å². The van der Waals surface area contributed by atoms with E-state index in [1.807, 2.05) is 50.2 Å². The van der Waals surface area contributed by atoms with Crippen molar-refractivity contribution in [2.45, 2.75) is 77.5 Å². The van der Waals surface area contributed by atoms with Gasteiger partial charge in [-0.1, -0.05) is 87.7 Å². The van der Waals surface area contributed by atoms with Crippen molar-refractivity contribution >= 4 is 11.8 Å². The minimum absolute atomic E-state index is 0.00241. The summed E-state index contributed by atoms with van der Waals surface area (Å²) in [5, 5.41) is 6.00. The van der Waals surface area contributed by atoms with E-state index in [9.17, 15) is 9.59 Å². The molecule has 0 aliphatic heterocycles. The minimum atomic E-state index is -0.557. The molecule has 1 atom stereocenters. The summed E-state index contributed by atoms with van der Waals surface area (Å²) >= 11 is 0. The lowest BCUT2D eigenvalue weighted by Gasteiger charge is -2.31. The summed E-state index contributed by atoms with van der Waals surface area (Å²) in [5.41, 5.74) is 3.32. The van der Waals surface area contributed by atoms with Crippen LogP contribution in [0.5, 0.6) is 0 Å². The minimum Gasteiger partial charge on any atom is -0.350 e. The second-order valence-electron chi connectivity index (χ2n) is 9.65. The molecule has 2 amide bonds. The van der Waals surface area contributed by atoms with Crippen molar-refractivity contribution < 1.29 is 9.59 Å². The van der Waals surface area contributed by atoms with Crippen molar-refractivity contribution in [3.63, 3.8) is 0 Å². The van der Waals surface area contributed by atoms with Crippen molar-refractivity contribution in [2.24, 2.45) is 5.92 Å². The smallest absolute Gasteiger partial charge is 0.243 e. The third-order valence-corrected chi connectivity index (χ3v) is 6.66. The molecule has 3 rings (SSSR count). The maximum atomic E-state index is 13.0. The molecule has 1 aliphatic carbocycles. The predicted octanol–water partition coefficient (Wildman–Crippen LogP) is 4.45. The van der Waals surface area contributed by atoms with Gasteiger partial charge in [-0.2, -0.15) is 0 Å². The molecule has 0 radical (unpaired) electrons. The Balaban J connectivity index is 1.57. The van der Waals surface area contributed by atoms with E-state index in [1.54, 1.807) is 0 Å². The van der Waals surface area contributed by atoms with Crippen LogP contribution in [0.25, 0.3) is 0 Å². The normalized spacial score (nSPS) is 15.4. The number of carbonyl (C=O) groups is 2. The van der Waals surface area contributed by atoms with Gasteiger partial charge in [0.05, 0.1) is 6.42 Å². The molecule has 0 bridgehead atoms. The van der Waals surface area contributed by atoms with Crippen LogP contribution in [0.4, 0.5) is 0 Å². The fourth-order valence-corrected chi connectivity index (χ4v) is 4.64. The Labute approximate surface area is 199 Å². The number of hydrogen-bond donors (Lipinski definition) is 2. The summed E-state index contributed by atoms with van der Waals surface area (Å²) in [6.07, 6.45) is 6.81. The molecule has 33 heavy (non-hydrogen) atoms.